The van der Waals surface area contributed by atoms with Crippen LogP contribution in [0, 0.1) is 11.3 Å². The Kier molecular flexibility index (Phi) is 4.49. The maximum atomic E-state index is 8.87. The van der Waals surface area contributed by atoms with Gasteiger partial charge in [0, 0.05) is 11.6 Å². The molecule has 0 aliphatic carbocycles. The number of nitrogens with zero attached hydrogens (tertiary/aromatic N) is 1. The van der Waals surface area contributed by atoms with E-state index in [1.165, 1.54) is 0 Å². The van der Waals surface area contributed by atoms with E-state index >= 15 is 0 Å². The number of thiocarbonyl (C=S) groups is 1. The van der Waals surface area contributed by atoms with Crippen molar-refractivity contribution in [3.8, 4) is 17.6 Å². The Labute approximate surface area is 105 Å². The highest BCUT2D eigenvalue weighted by Gasteiger charge is 2.05. The second-order valence-corrected chi connectivity index (χ2v) is 3.58. The summed E-state index contributed by atoms with van der Waals surface area (Å²) >= 11 is 4.76. The molecule has 0 fully saturated rings. The van der Waals surface area contributed by atoms with Crippen molar-refractivity contribution in [3.05, 3.63) is 29.3 Å². The lowest BCUT2D eigenvalue weighted by molar-refractivity contribution is 0.394. The fraction of sp³-hybridized carbons (Fsp3) is 0.167. The number of methoxy groups -OCH3 is 2. The molecule has 0 amide bonds. The van der Waals surface area contributed by atoms with Crippen molar-refractivity contribution in [1.82, 2.24) is 0 Å². The second-order valence-electron chi connectivity index (χ2n) is 3.14. The molecule has 4 nitrogen and oxygen atoms in total. The molecule has 88 valence electrons. The van der Waals surface area contributed by atoms with Crippen LogP contribution < -0.4 is 15.2 Å². The van der Waals surface area contributed by atoms with Gasteiger partial charge in [0.25, 0.3) is 0 Å². The third-order valence-corrected chi connectivity index (χ3v) is 2.35. The predicted octanol–water partition coefficient (Wildman–Crippen LogP) is 1.90. The fourth-order valence-electron chi connectivity index (χ4n) is 1.25. The third-order valence-electron chi connectivity index (χ3n) is 2.13. The van der Waals surface area contributed by atoms with Gasteiger partial charge in [-0.15, -0.1) is 0 Å². The van der Waals surface area contributed by atoms with Crippen LogP contribution >= 0.6 is 12.2 Å². The van der Waals surface area contributed by atoms with E-state index in [1.54, 1.807) is 38.5 Å². The summed E-state index contributed by atoms with van der Waals surface area (Å²) in [5, 5.41) is 8.87. The first-order chi connectivity index (χ1) is 8.12. The van der Waals surface area contributed by atoms with Crippen LogP contribution in [-0.2, 0) is 0 Å². The van der Waals surface area contributed by atoms with E-state index < -0.39 is 0 Å². The molecule has 0 aliphatic heterocycles. The summed E-state index contributed by atoms with van der Waals surface area (Å²) in [7, 11) is 3.11. The molecule has 2 N–H and O–H groups in total. The van der Waals surface area contributed by atoms with Gasteiger partial charge in [0.15, 0.2) is 0 Å². The summed E-state index contributed by atoms with van der Waals surface area (Å²) in [5.74, 6) is 1.26. The van der Waals surface area contributed by atoms with E-state index in [0.717, 1.165) is 5.56 Å². The van der Waals surface area contributed by atoms with Crippen LogP contribution in [-0.4, -0.2) is 19.2 Å². The minimum absolute atomic E-state index is 0.0605. The second kappa shape index (κ2) is 5.87. The van der Waals surface area contributed by atoms with Gasteiger partial charge in [-0.05, 0) is 18.2 Å². The van der Waals surface area contributed by atoms with Crippen molar-refractivity contribution < 1.29 is 9.47 Å². The molecular formula is C12H12N2O2S. The smallest absolute Gasteiger partial charge is 0.129 e. The summed E-state index contributed by atoms with van der Waals surface area (Å²) in [5.41, 5.74) is 6.38. The lowest BCUT2D eigenvalue weighted by Gasteiger charge is -2.07. The summed E-state index contributed by atoms with van der Waals surface area (Å²) in [6, 6.07) is 7.20. The fourth-order valence-corrected chi connectivity index (χ4v) is 1.36. The van der Waals surface area contributed by atoms with Crippen LogP contribution in [0.15, 0.2) is 23.8 Å². The monoisotopic (exact) mass is 248 g/mol. The standard InChI is InChI=1S/C12H12N2O2S/c1-15-10-4-3-8(11(6-10)16-2)5-9(7-13)12(14)17/h3-6H,1-2H3,(H2,14,17). The van der Waals surface area contributed by atoms with Crippen LogP contribution in [0.1, 0.15) is 5.56 Å². The van der Waals surface area contributed by atoms with Crippen molar-refractivity contribution in [2.75, 3.05) is 14.2 Å². The van der Waals surface area contributed by atoms with Crippen LogP contribution in [0.5, 0.6) is 11.5 Å². The normalized spacial score (nSPS) is 10.5. The van der Waals surface area contributed by atoms with Gasteiger partial charge in [0.1, 0.15) is 22.6 Å². The quantitative estimate of drug-likeness (QED) is 0.500. The number of rotatable bonds is 4. The molecule has 0 atom stereocenters. The summed E-state index contributed by atoms with van der Waals surface area (Å²) in [6.07, 6.45) is 1.58. The SMILES string of the molecule is COc1ccc(C=C(C#N)C(N)=S)c(OC)c1. The van der Waals surface area contributed by atoms with Crippen molar-refractivity contribution >= 4 is 23.3 Å². The zero-order chi connectivity index (χ0) is 12.8. The van der Waals surface area contributed by atoms with Crippen LogP contribution in [0.3, 0.4) is 0 Å². The number of ether oxygens (including phenoxy) is 2. The first-order valence-corrected chi connectivity index (χ1v) is 5.16. The van der Waals surface area contributed by atoms with Gasteiger partial charge in [-0.25, -0.2) is 0 Å². The van der Waals surface area contributed by atoms with E-state index in [2.05, 4.69) is 0 Å². The van der Waals surface area contributed by atoms with Crippen molar-refractivity contribution in [2.45, 2.75) is 0 Å². The van der Waals surface area contributed by atoms with Gasteiger partial charge in [0.2, 0.25) is 0 Å². The molecule has 0 radical (unpaired) electrons. The Morgan fingerprint density at radius 1 is 1.41 bits per heavy atom. The molecular weight excluding hydrogens is 236 g/mol. The molecule has 5 heteroatoms. The van der Waals surface area contributed by atoms with Crippen molar-refractivity contribution in [1.29, 1.82) is 5.26 Å². The Hall–Kier alpha value is -2.06. The zero-order valence-corrected chi connectivity index (χ0v) is 10.4. The molecule has 0 aromatic heterocycles. The van der Waals surface area contributed by atoms with Crippen molar-refractivity contribution in [3.63, 3.8) is 0 Å². The highest BCUT2D eigenvalue weighted by atomic mass is 32.1. The molecule has 0 bridgehead atoms. The predicted molar refractivity (Wildman–Crippen MR) is 69.9 cm³/mol. The van der Waals surface area contributed by atoms with Gasteiger partial charge < -0.3 is 15.2 Å². The average Bonchev–Trinajstić information content (AvgIpc) is 2.35. The summed E-state index contributed by atoms with van der Waals surface area (Å²) in [6.45, 7) is 0. The van der Waals surface area contributed by atoms with Gasteiger partial charge in [-0.2, -0.15) is 5.26 Å². The maximum Gasteiger partial charge on any atom is 0.129 e. The number of hydrogen-bond acceptors (Lipinski definition) is 4. The highest BCUT2D eigenvalue weighted by molar-refractivity contribution is 7.80. The minimum Gasteiger partial charge on any atom is -0.497 e. The number of hydrogen-bond donors (Lipinski definition) is 1. The lowest BCUT2D eigenvalue weighted by atomic mass is 10.1. The third kappa shape index (κ3) is 3.20. The van der Waals surface area contributed by atoms with Gasteiger partial charge >= 0.3 is 0 Å². The van der Waals surface area contributed by atoms with Gasteiger partial charge in [-0.3, -0.25) is 0 Å². The maximum absolute atomic E-state index is 8.87. The molecule has 0 aliphatic rings. The van der Waals surface area contributed by atoms with Crippen LogP contribution in [0.2, 0.25) is 0 Å². The Bertz CT molecular complexity index is 504. The first-order valence-electron chi connectivity index (χ1n) is 4.76. The molecule has 0 saturated heterocycles. The largest absolute Gasteiger partial charge is 0.497 e. The highest BCUT2D eigenvalue weighted by Crippen LogP contribution is 2.26. The topological polar surface area (TPSA) is 68.3 Å². The van der Waals surface area contributed by atoms with Crippen LogP contribution in [0.25, 0.3) is 6.08 Å². The average molecular weight is 248 g/mol. The molecule has 1 rings (SSSR count). The summed E-state index contributed by atoms with van der Waals surface area (Å²) < 4.78 is 10.3. The van der Waals surface area contributed by atoms with Gasteiger partial charge in [-0.1, -0.05) is 12.2 Å². The van der Waals surface area contributed by atoms with E-state index in [0.29, 0.717) is 11.5 Å². The van der Waals surface area contributed by atoms with Crippen molar-refractivity contribution in [2.24, 2.45) is 5.73 Å². The van der Waals surface area contributed by atoms with E-state index in [-0.39, 0.29) is 10.6 Å². The Morgan fingerprint density at radius 3 is 2.59 bits per heavy atom. The van der Waals surface area contributed by atoms with E-state index in [4.69, 9.17) is 32.7 Å². The molecule has 1 aromatic rings. The Morgan fingerprint density at radius 2 is 2.12 bits per heavy atom. The number of nitriles is 1. The molecule has 17 heavy (non-hydrogen) atoms. The lowest BCUT2D eigenvalue weighted by Crippen LogP contribution is -2.09. The van der Waals surface area contributed by atoms with Gasteiger partial charge in [0.05, 0.1) is 19.8 Å². The van der Waals surface area contributed by atoms with Crippen LogP contribution in [0.4, 0.5) is 0 Å². The molecule has 0 unspecified atom stereocenters. The number of benzene rings is 1. The number of nitrogens with two attached hydrogens (primary N) is 1. The molecule has 0 saturated carbocycles. The zero-order valence-electron chi connectivity index (χ0n) is 9.56. The Balaban J connectivity index is 3.23. The van der Waals surface area contributed by atoms with E-state index in [1.807, 2.05) is 6.07 Å². The molecule has 0 spiro atoms. The summed E-state index contributed by atoms with van der Waals surface area (Å²) in [4.78, 5) is 0.0605. The first kappa shape index (κ1) is 13.0. The molecule has 0 heterocycles. The van der Waals surface area contributed by atoms with E-state index in [9.17, 15) is 0 Å². The minimum atomic E-state index is 0.0605. The molecule has 1 aromatic carbocycles.